The second kappa shape index (κ2) is 3.88. The lowest BCUT2D eigenvalue weighted by Gasteiger charge is -2.08. The van der Waals surface area contributed by atoms with Crippen molar-refractivity contribution < 1.29 is 17.7 Å². The van der Waals surface area contributed by atoms with Crippen molar-refractivity contribution in [2.24, 2.45) is 0 Å². The highest BCUT2D eigenvalue weighted by atomic mass is 32.2. The van der Waals surface area contributed by atoms with Crippen LogP contribution in [0.3, 0.4) is 0 Å². The van der Waals surface area contributed by atoms with Gasteiger partial charge in [0.1, 0.15) is 11.5 Å². The fraction of sp³-hybridized carbons (Fsp3) is 0.333. The van der Waals surface area contributed by atoms with Gasteiger partial charge in [0.15, 0.2) is 0 Å². The van der Waals surface area contributed by atoms with E-state index >= 15 is 0 Å². The Morgan fingerprint density at radius 2 is 1.71 bits per heavy atom. The summed E-state index contributed by atoms with van der Waals surface area (Å²) in [4.78, 5) is 0. The monoisotopic (exact) mass is 216 g/mol. The third-order valence-electron chi connectivity index (χ3n) is 1.63. The fourth-order valence-electron chi connectivity index (χ4n) is 0.732. The van der Waals surface area contributed by atoms with Crippen LogP contribution in [-0.4, -0.2) is 18.8 Å². The Kier molecular flexibility index (Phi) is 3.00. The van der Waals surface area contributed by atoms with E-state index in [1.807, 2.05) is 0 Å². The van der Waals surface area contributed by atoms with Gasteiger partial charge < -0.3 is 9.29 Å². The average Bonchev–Trinajstić information content (AvgIpc) is 2.08. The predicted octanol–water partition coefficient (Wildman–Crippen LogP) is 1.51. The van der Waals surface area contributed by atoms with Gasteiger partial charge in [-0.25, -0.2) is 0 Å². The van der Waals surface area contributed by atoms with E-state index in [4.69, 9.17) is 9.29 Å². The molecule has 14 heavy (non-hydrogen) atoms. The first kappa shape index (κ1) is 10.8. The SMILES string of the molecule is CC(C)S(=O)(=O)Oc1ccc(O)cc1. The highest BCUT2D eigenvalue weighted by molar-refractivity contribution is 7.87. The van der Waals surface area contributed by atoms with Gasteiger partial charge in [0, 0.05) is 0 Å². The molecule has 0 saturated carbocycles. The summed E-state index contributed by atoms with van der Waals surface area (Å²) in [6.45, 7) is 3.07. The van der Waals surface area contributed by atoms with Gasteiger partial charge in [0.05, 0.1) is 5.25 Å². The third-order valence-corrected chi connectivity index (χ3v) is 3.21. The maximum atomic E-state index is 11.3. The molecule has 1 aromatic rings. The molecule has 0 unspecified atom stereocenters. The summed E-state index contributed by atoms with van der Waals surface area (Å²) in [5.41, 5.74) is 0. The molecule has 5 heteroatoms. The molecule has 0 aliphatic carbocycles. The zero-order valence-corrected chi connectivity index (χ0v) is 8.78. The van der Waals surface area contributed by atoms with Crippen LogP contribution in [0.4, 0.5) is 0 Å². The number of phenols is 1. The summed E-state index contributed by atoms with van der Waals surface area (Å²) in [5.74, 6) is 0.274. The van der Waals surface area contributed by atoms with Crippen molar-refractivity contribution in [3.63, 3.8) is 0 Å². The van der Waals surface area contributed by atoms with E-state index in [0.29, 0.717) is 0 Å². The van der Waals surface area contributed by atoms with E-state index in [1.165, 1.54) is 38.1 Å². The van der Waals surface area contributed by atoms with Gasteiger partial charge in [0.2, 0.25) is 0 Å². The Balaban J connectivity index is 2.85. The Bertz CT molecular complexity index is 391. The minimum atomic E-state index is -3.55. The second-order valence-electron chi connectivity index (χ2n) is 3.12. The molecule has 1 aromatic carbocycles. The molecule has 0 heterocycles. The maximum Gasteiger partial charge on any atom is 0.311 e. The van der Waals surface area contributed by atoms with Crippen LogP contribution in [0.5, 0.6) is 11.5 Å². The molecule has 0 saturated heterocycles. The molecule has 78 valence electrons. The molecular weight excluding hydrogens is 204 g/mol. The van der Waals surface area contributed by atoms with Gasteiger partial charge in [0.25, 0.3) is 0 Å². The highest BCUT2D eigenvalue weighted by Gasteiger charge is 2.17. The number of rotatable bonds is 3. The molecule has 1 N–H and O–H groups in total. The first-order valence-corrected chi connectivity index (χ1v) is 5.61. The molecule has 0 aromatic heterocycles. The topological polar surface area (TPSA) is 63.6 Å². The van der Waals surface area contributed by atoms with E-state index < -0.39 is 15.4 Å². The van der Waals surface area contributed by atoms with Crippen molar-refractivity contribution in [1.82, 2.24) is 0 Å². The molecule has 4 nitrogen and oxygen atoms in total. The van der Waals surface area contributed by atoms with Crippen LogP contribution in [0.2, 0.25) is 0 Å². The van der Waals surface area contributed by atoms with Crippen LogP contribution in [0.25, 0.3) is 0 Å². The summed E-state index contributed by atoms with van der Waals surface area (Å²) < 4.78 is 27.4. The lowest BCUT2D eigenvalue weighted by Crippen LogP contribution is -2.19. The lowest BCUT2D eigenvalue weighted by atomic mass is 10.3. The standard InChI is InChI=1S/C9H12O4S/c1-7(2)14(11,12)13-9-5-3-8(10)4-6-9/h3-7,10H,1-2H3. The average molecular weight is 216 g/mol. The third kappa shape index (κ3) is 2.63. The van der Waals surface area contributed by atoms with E-state index in [9.17, 15) is 8.42 Å². The molecule has 0 amide bonds. The van der Waals surface area contributed by atoms with E-state index in [1.54, 1.807) is 0 Å². The number of hydrogen-bond donors (Lipinski definition) is 1. The number of hydrogen-bond acceptors (Lipinski definition) is 4. The Hall–Kier alpha value is -1.23. The Morgan fingerprint density at radius 1 is 1.21 bits per heavy atom. The van der Waals surface area contributed by atoms with Gasteiger partial charge in [-0.15, -0.1) is 0 Å². The van der Waals surface area contributed by atoms with Crippen LogP contribution < -0.4 is 4.18 Å². The van der Waals surface area contributed by atoms with E-state index in [2.05, 4.69) is 0 Å². The van der Waals surface area contributed by atoms with Gasteiger partial charge in [-0.2, -0.15) is 8.42 Å². The van der Waals surface area contributed by atoms with Crippen LogP contribution >= 0.6 is 0 Å². The molecule has 0 atom stereocenters. The van der Waals surface area contributed by atoms with Crippen LogP contribution in [-0.2, 0) is 10.1 Å². The minimum Gasteiger partial charge on any atom is -0.508 e. The molecule has 0 spiro atoms. The zero-order chi connectivity index (χ0) is 10.8. The van der Waals surface area contributed by atoms with Crippen molar-refractivity contribution in [2.75, 3.05) is 0 Å². The molecule has 0 aliphatic rings. The van der Waals surface area contributed by atoms with Gasteiger partial charge in [-0.1, -0.05) is 0 Å². The number of phenolic OH excluding ortho intramolecular Hbond substituents is 1. The highest BCUT2D eigenvalue weighted by Crippen LogP contribution is 2.18. The van der Waals surface area contributed by atoms with Crippen molar-refractivity contribution in [1.29, 1.82) is 0 Å². The Morgan fingerprint density at radius 3 is 2.14 bits per heavy atom. The number of benzene rings is 1. The van der Waals surface area contributed by atoms with Crippen LogP contribution in [0.1, 0.15) is 13.8 Å². The largest absolute Gasteiger partial charge is 0.508 e. The van der Waals surface area contributed by atoms with Crippen LogP contribution in [0.15, 0.2) is 24.3 Å². The molecule has 0 fully saturated rings. The first-order valence-electron chi connectivity index (χ1n) is 4.14. The number of aromatic hydroxyl groups is 1. The quantitative estimate of drug-likeness (QED) is 0.778. The van der Waals surface area contributed by atoms with Gasteiger partial charge >= 0.3 is 10.1 Å². The van der Waals surface area contributed by atoms with Crippen molar-refractivity contribution in [3.05, 3.63) is 24.3 Å². The normalized spacial score (nSPS) is 11.6. The van der Waals surface area contributed by atoms with E-state index in [-0.39, 0.29) is 11.5 Å². The maximum absolute atomic E-state index is 11.3. The molecule has 0 aliphatic heterocycles. The van der Waals surface area contributed by atoms with Crippen LogP contribution in [0, 0.1) is 0 Å². The fourth-order valence-corrected chi connectivity index (χ4v) is 1.30. The van der Waals surface area contributed by atoms with E-state index in [0.717, 1.165) is 0 Å². The van der Waals surface area contributed by atoms with Gasteiger partial charge in [-0.05, 0) is 38.1 Å². The molecule has 0 radical (unpaired) electrons. The van der Waals surface area contributed by atoms with Gasteiger partial charge in [-0.3, -0.25) is 0 Å². The zero-order valence-electron chi connectivity index (χ0n) is 7.97. The predicted molar refractivity (Wildman–Crippen MR) is 52.8 cm³/mol. The summed E-state index contributed by atoms with van der Waals surface area (Å²) >= 11 is 0. The van der Waals surface area contributed by atoms with Crippen molar-refractivity contribution >= 4 is 10.1 Å². The summed E-state index contributed by atoms with van der Waals surface area (Å²) in [7, 11) is -3.55. The molecular formula is C9H12O4S. The van der Waals surface area contributed by atoms with Crippen molar-refractivity contribution in [2.45, 2.75) is 19.1 Å². The Labute approximate surface area is 83.3 Å². The molecule has 1 rings (SSSR count). The lowest BCUT2D eigenvalue weighted by molar-refractivity contribution is 0.465. The minimum absolute atomic E-state index is 0.0688. The first-order chi connectivity index (χ1) is 6.42. The summed E-state index contributed by atoms with van der Waals surface area (Å²) in [6.07, 6.45) is 0. The smallest absolute Gasteiger partial charge is 0.311 e. The summed E-state index contributed by atoms with van der Waals surface area (Å²) in [6, 6.07) is 5.53. The summed E-state index contributed by atoms with van der Waals surface area (Å²) in [5, 5.41) is 8.37. The second-order valence-corrected chi connectivity index (χ2v) is 5.21. The molecule has 0 bridgehead atoms. The van der Waals surface area contributed by atoms with Crippen molar-refractivity contribution in [3.8, 4) is 11.5 Å².